The first kappa shape index (κ1) is 7.39. The molecule has 1 N–H and O–H groups in total. The number of dihydropyridines is 1. The second-order valence-electron chi connectivity index (χ2n) is 2.82. The van der Waals surface area contributed by atoms with Gasteiger partial charge in [0.1, 0.15) is 0 Å². The molecule has 1 nitrogen and oxygen atoms in total. The molecule has 1 heteroatoms. The van der Waals surface area contributed by atoms with Crippen LogP contribution in [0.1, 0.15) is 27.2 Å². The fourth-order valence-corrected chi connectivity index (χ4v) is 1.04. The molecule has 56 valence electrons. The van der Waals surface area contributed by atoms with Crippen molar-refractivity contribution in [2.24, 2.45) is 0 Å². The third-order valence-corrected chi connectivity index (χ3v) is 2.01. The van der Waals surface area contributed by atoms with Crippen LogP contribution in [0.4, 0.5) is 0 Å². The summed E-state index contributed by atoms with van der Waals surface area (Å²) in [5.41, 5.74) is 2.76. The van der Waals surface area contributed by atoms with Gasteiger partial charge in [-0.15, -0.1) is 0 Å². The Morgan fingerprint density at radius 2 is 2.20 bits per heavy atom. The van der Waals surface area contributed by atoms with Crippen molar-refractivity contribution in [3.8, 4) is 0 Å². The van der Waals surface area contributed by atoms with Gasteiger partial charge < -0.3 is 5.32 Å². The Morgan fingerprint density at radius 3 is 2.70 bits per heavy atom. The van der Waals surface area contributed by atoms with Gasteiger partial charge in [0.15, 0.2) is 0 Å². The van der Waals surface area contributed by atoms with Crippen molar-refractivity contribution in [2.45, 2.75) is 33.2 Å². The van der Waals surface area contributed by atoms with Crippen molar-refractivity contribution >= 4 is 0 Å². The van der Waals surface area contributed by atoms with E-state index in [9.17, 15) is 0 Å². The Balaban J connectivity index is 2.68. The molecular formula is C9H15N. The summed E-state index contributed by atoms with van der Waals surface area (Å²) in [6.07, 6.45) is 5.46. The highest BCUT2D eigenvalue weighted by molar-refractivity contribution is 5.25. The first-order valence-corrected chi connectivity index (χ1v) is 3.88. The highest BCUT2D eigenvalue weighted by Gasteiger charge is 2.07. The maximum absolute atomic E-state index is 3.41. The van der Waals surface area contributed by atoms with E-state index in [1.54, 1.807) is 0 Å². The summed E-state index contributed by atoms with van der Waals surface area (Å²) >= 11 is 0. The van der Waals surface area contributed by atoms with E-state index >= 15 is 0 Å². The largest absolute Gasteiger partial charge is 0.382 e. The van der Waals surface area contributed by atoms with Crippen LogP contribution >= 0.6 is 0 Å². The lowest BCUT2D eigenvalue weighted by molar-refractivity contribution is 0.661. The predicted molar refractivity (Wildman–Crippen MR) is 44.7 cm³/mol. The quantitative estimate of drug-likeness (QED) is 0.584. The van der Waals surface area contributed by atoms with Gasteiger partial charge in [-0.05, 0) is 26.3 Å². The van der Waals surface area contributed by atoms with E-state index in [0.29, 0.717) is 6.04 Å². The second kappa shape index (κ2) is 2.91. The zero-order chi connectivity index (χ0) is 7.56. The molecule has 0 aromatic carbocycles. The average Bonchev–Trinajstić information content (AvgIpc) is 1.95. The van der Waals surface area contributed by atoms with Crippen LogP contribution in [0, 0.1) is 0 Å². The second-order valence-corrected chi connectivity index (χ2v) is 2.82. The number of hydrogen-bond donors (Lipinski definition) is 1. The van der Waals surface area contributed by atoms with Crippen molar-refractivity contribution < 1.29 is 0 Å². The van der Waals surface area contributed by atoms with E-state index in [-0.39, 0.29) is 0 Å². The van der Waals surface area contributed by atoms with Gasteiger partial charge in [0.05, 0.1) is 0 Å². The Bertz CT molecular complexity index is 177. The van der Waals surface area contributed by atoms with E-state index in [1.807, 2.05) is 0 Å². The summed E-state index contributed by atoms with van der Waals surface area (Å²) in [4.78, 5) is 0. The minimum absolute atomic E-state index is 0.528. The van der Waals surface area contributed by atoms with Gasteiger partial charge in [0.25, 0.3) is 0 Å². The van der Waals surface area contributed by atoms with Gasteiger partial charge in [0, 0.05) is 11.7 Å². The van der Waals surface area contributed by atoms with Crippen LogP contribution in [-0.4, -0.2) is 6.04 Å². The molecule has 1 aliphatic rings. The van der Waals surface area contributed by atoms with Crippen LogP contribution in [0.25, 0.3) is 0 Å². The summed E-state index contributed by atoms with van der Waals surface area (Å²) in [6.45, 7) is 6.51. The molecule has 10 heavy (non-hydrogen) atoms. The topological polar surface area (TPSA) is 12.0 Å². The molecule has 0 aliphatic carbocycles. The van der Waals surface area contributed by atoms with E-state index in [0.717, 1.165) is 6.42 Å². The first-order valence-electron chi connectivity index (χ1n) is 3.88. The van der Waals surface area contributed by atoms with Crippen molar-refractivity contribution in [3.63, 3.8) is 0 Å². The number of allylic oxidation sites excluding steroid dienone is 3. The average molecular weight is 137 g/mol. The fraction of sp³-hybridized carbons (Fsp3) is 0.556. The molecule has 0 fully saturated rings. The number of rotatable bonds is 1. The smallest absolute Gasteiger partial charge is 0.0442 e. The van der Waals surface area contributed by atoms with Crippen LogP contribution in [0.15, 0.2) is 23.4 Å². The van der Waals surface area contributed by atoms with Gasteiger partial charge in [-0.3, -0.25) is 0 Å². The summed E-state index contributed by atoms with van der Waals surface area (Å²) in [7, 11) is 0. The molecule has 0 saturated carbocycles. The Kier molecular flexibility index (Phi) is 2.15. The summed E-state index contributed by atoms with van der Waals surface area (Å²) in [5.74, 6) is 0. The van der Waals surface area contributed by atoms with Gasteiger partial charge in [-0.1, -0.05) is 18.6 Å². The zero-order valence-corrected chi connectivity index (χ0v) is 6.94. The molecule has 1 heterocycles. The standard InChI is InChI=1S/C9H15N/c1-4-9-6-5-7(2)8(3)10-9/h5-6,8,10H,4H2,1-3H3. The van der Waals surface area contributed by atoms with Crippen molar-refractivity contribution in [3.05, 3.63) is 23.4 Å². The highest BCUT2D eigenvalue weighted by atomic mass is 14.9. The molecule has 0 aromatic rings. The van der Waals surface area contributed by atoms with Gasteiger partial charge in [-0.2, -0.15) is 0 Å². The summed E-state index contributed by atoms with van der Waals surface area (Å²) in [6, 6.07) is 0.528. The Hall–Kier alpha value is -0.720. The monoisotopic (exact) mass is 137 g/mol. The third kappa shape index (κ3) is 1.41. The lowest BCUT2D eigenvalue weighted by atomic mass is 10.1. The van der Waals surface area contributed by atoms with Crippen LogP contribution in [-0.2, 0) is 0 Å². The van der Waals surface area contributed by atoms with E-state index < -0.39 is 0 Å². The van der Waals surface area contributed by atoms with Crippen molar-refractivity contribution in [1.82, 2.24) is 5.32 Å². The molecule has 0 aromatic heterocycles. The molecule has 1 unspecified atom stereocenters. The molecule has 1 aliphatic heterocycles. The lowest BCUT2D eigenvalue weighted by Crippen LogP contribution is -2.28. The van der Waals surface area contributed by atoms with Crippen LogP contribution < -0.4 is 5.32 Å². The minimum atomic E-state index is 0.528. The molecule has 0 spiro atoms. The minimum Gasteiger partial charge on any atom is -0.382 e. The van der Waals surface area contributed by atoms with E-state index in [1.165, 1.54) is 11.3 Å². The molecule has 1 atom stereocenters. The summed E-state index contributed by atoms with van der Waals surface area (Å²) in [5, 5.41) is 3.41. The van der Waals surface area contributed by atoms with Gasteiger partial charge >= 0.3 is 0 Å². The van der Waals surface area contributed by atoms with Gasteiger partial charge in [-0.25, -0.2) is 0 Å². The molecule has 0 radical (unpaired) electrons. The fourth-order valence-electron chi connectivity index (χ4n) is 1.04. The summed E-state index contributed by atoms with van der Waals surface area (Å²) < 4.78 is 0. The number of hydrogen-bond acceptors (Lipinski definition) is 1. The molecule has 0 amide bonds. The number of nitrogens with one attached hydrogen (secondary N) is 1. The third-order valence-electron chi connectivity index (χ3n) is 2.01. The maximum atomic E-state index is 3.41. The van der Waals surface area contributed by atoms with E-state index in [4.69, 9.17) is 0 Å². The van der Waals surface area contributed by atoms with Crippen molar-refractivity contribution in [1.29, 1.82) is 0 Å². The first-order chi connectivity index (χ1) is 4.74. The molecule has 1 rings (SSSR count). The molecular weight excluding hydrogens is 122 g/mol. The SMILES string of the molecule is CCC1=CC=C(C)C(C)N1. The lowest BCUT2D eigenvalue weighted by Gasteiger charge is -2.21. The molecule has 0 bridgehead atoms. The van der Waals surface area contributed by atoms with Gasteiger partial charge in [0.2, 0.25) is 0 Å². The predicted octanol–water partition coefficient (Wildman–Crippen LogP) is 2.22. The normalized spacial score (nSPS) is 24.9. The Morgan fingerprint density at radius 1 is 1.50 bits per heavy atom. The van der Waals surface area contributed by atoms with Crippen LogP contribution in [0.2, 0.25) is 0 Å². The zero-order valence-electron chi connectivity index (χ0n) is 6.94. The van der Waals surface area contributed by atoms with Crippen molar-refractivity contribution in [2.75, 3.05) is 0 Å². The van der Waals surface area contributed by atoms with E-state index in [2.05, 4.69) is 38.2 Å². The highest BCUT2D eigenvalue weighted by Crippen LogP contribution is 2.11. The molecule has 0 saturated heterocycles. The maximum Gasteiger partial charge on any atom is 0.0442 e. The van der Waals surface area contributed by atoms with Crippen LogP contribution in [0.5, 0.6) is 0 Å². The van der Waals surface area contributed by atoms with Crippen LogP contribution in [0.3, 0.4) is 0 Å². The Labute approximate surface area is 62.8 Å².